The van der Waals surface area contributed by atoms with Gasteiger partial charge in [0.25, 0.3) is 0 Å². The quantitative estimate of drug-likeness (QED) is 0.531. The lowest BCUT2D eigenvalue weighted by Gasteiger charge is -2.03. The Morgan fingerprint density at radius 3 is 3.18 bits per heavy atom. The third kappa shape index (κ3) is 1.30. The van der Waals surface area contributed by atoms with Gasteiger partial charge in [-0.1, -0.05) is 6.92 Å². The summed E-state index contributed by atoms with van der Waals surface area (Å²) in [4.78, 5) is 4.18. The van der Waals surface area contributed by atoms with Gasteiger partial charge in [-0.05, 0) is 25.2 Å². The van der Waals surface area contributed by atoms with Crippen molar-refractivity contribution in [1.29, 1.82) is 0 Å². The van der Waals surface area contributed by atoms with Crippen LogP contribution in [-0.4, -0.2) is 4.98 Å². The Hall–Kier alpha value is -0.790. The lowest BCUT2D eigenvalue weighted by Crippen LogP contribution is -1.93. The minimum atomic E-state index is 0.833. The summed E-state index contributed by atoms with van der Waals surface area (Å²) < 4.78 is 5.27. The number of aryl methyl sites for hydroxylation is 2. The van der Waals surface area contributed by atoms with E-state index in [1.54, 1.807) is 6.39 Å². The van der Waals surface area contributed by atoms with Crippen LogP contribution in [0.15, 0.2) is 10.8 Å². The molecule has 1 aromatic heterocycles. The van der Waals surface area contributed by atoms with Crippen molar-refractivity contribution < 1.29 is 4.42 Å². The lowest BCUT2D eigenvalue weighted by atomic mass is 10.0. The molecule has 0 bridgehead atoms. The van der Waals surface area contributed by atoms with Gasteiger partial charge in [-0.25, -0.2) is 4.98 Å². The second-order valence-corrected chi connectivity index (χ2v) is 3.40. The molecule has 1 aliphatic carbocycles. The van der Waals surface area contributed by atoms with Crippen LogP contribution in [-0.2, 0) is 12.8 Å². The van der Waals surface area contributed by atoms with Gasteiger partial charge in [0.1, 0.15) is 5.76 Å². The summed E-state index contributed by atoms with van der Waals surface area (Å²) in [7, 11) is 0. The standard InChI is InChI=1S/C9H13NO/c1-7-2-4-8-9(5-3-7)11-6-10-8/h6-7H,2-5H2,1H3. The summed E-state index contributed by atoms with van der Waals surface area (Å²) in [6.45, 7) is 2.30. The average molecular weight is 151 g/mol. The second-order valence-electron chi connectivity index (χ2n) is 3.40. The first-order valence-electron chi connectivity index (χ1n) is 4.27. The highest BCUT2D eigenvalue weighted by Crippen LogP contribution is 2.22. The molecule has 0 radical (unpaired) electrons. The molecule has 2 rings (SSSR count). The Kier molecular flexibility index (Phi) is 1.68. The number of hydrogen-bond donors (Lipinski definition) is 0. The molecular formula is C9H13NO. The largest absolute Gasteiger partial charge is 0.448 e. The van der Waals surface area contributed by atoms with Crippen LogP contribution in [0.2, 0.25) is 0 Å². The molecule has 0 N–H and O–H groups in total. The zero-order valence-corrected chi connectivity index (χ0v) is 6.84. The summed E-state index contributed by atoms with van der Waals surface area (Å²) in [5, 5.41) is 0. The fraction of sp³-hybridized carbons (Fsp3) is 0.667. The van der Waals surface area contributed by atoms with Crippen molar-refractivity contribution in [3.8, 4) is 0 Å². The summed E-state index contributed by atoms with van der Waals surface area (Å²) in [6.07, 6.45) is 6.27. The predicted octanol–water partition coefficient (Wildman–Crippen LogP) is 2.19. The fourth-order valence-corrected chi connectivity index (χ4v) is 1.61. The maximum absolute atomic E-state index is 5.27. The van der Waals surface area contributed by atoms with E-state index in [4.69, 9.17) is 4.42 Å². The van der Waals surface area contributed by atoms with E-state index in [1.165, 1.54) is 18.5 Å². The van der Waals surface area contributed by atoms with Crippen LogP contribution in [0.3, 0.4) is 0 Å². The lowest BCUT2D eigenvalue weighted by molar-refractivity contribution is 0.460. The van der Waals surface area contributed by atoms with E-state index in [-0.39, 0.29) is 0 Å². The number of aromatic nitrogens is 1. The molecule has 1 heterocycles. The number of fused-ring (bicyclic) bond motifs is 1. The van der Waals surface area contributed by atoms with Crippen LogP contribution < -0.4 is 0 Å². The van der Waals surface area contributed by atoms with Crippen molar-refractivity contribution in [2.24, 2.45) is 5.92 Å². The van der Waals surface area contributed by atoms with Crippen LogP contribution in [0.25, 0.3) is 0 Å². The molecule has 1 aromatic rings. The van der Waals surface area contributed by atoms with Crippen LogP contribution in [0.1, 0.15) is 31.2 Å². The van der Waals surface area contributed by atoms with Crippen molar-refractivity contribution in [3.63, 3.8) is 0 Å². The molecule has 0 amide bonds. The summed E-state index contributed by atoms with van der Waals surface area (Å²) in [6, 6.07) is 0. The van der Waals surface area contributed by atoms with Crippen LogP contribution >= 0.6 is 0 Å². The van der Waals surface area contributed by atoms with Gasteiger partial charge in [-0.3, -0.25) is 0 Å². The Morgan fingerprint density at radius 1 is 1.45 bits per heavy atom. The van der Waals surface area contributed by atoms with Crippen molar-refractivity contribution in [2.45, 2.75) is 32.6 Å². The number of rotatable bonds is 0. The van der Waals surface area contributed by atoms with E-state index in [0.717, 1.165) is 24.5 Å². The highest BCUT2D eigenvalue weighted by molar-refractivity contribution is 5.09. The van der Waals surface area contributed by atoms with Gasteiger partial charge < -0.3 is 4.42 Å². The van der Waals surface area contributed by atoms with Crippen LogP contribution in [0, 0.1) is 5.92 Å². The van der Waals surface area contributed by atoms with E-state index >= 15 is 0 Å². The molecule has 0 spiro atoms. The van der Waals surface area contributed by atoms with E-state index < -0.39 is 0 Å². The van der Waals surface area contributed by atoms with Gasteiger partial charge in [-0.2, -0.15) is 0 Å². The Balaban J connectivity index is 2.20. The first-order chi connectivity index (χ1) is 5.36. The molecule has 2 nitrogen and oxygen atoms in total. The molecule has 1 aliphatic rings. The monoisotopic (exact) mass is 151 g/mol. The predicted molar refractivity (Wildman–Crippen MR) is 42.3 cm³/mol. The molecule has 11 heavy (non-hydrogen) atoms. The molecule has 2 heteroatoms. The zero-order valence-electron chi connectivity index (χ0n) is 6.84. The van der Waals surface area contributed by atoms with E-state index in [1.807, 2.05) is 0 Å². The third-order valence-electron chi connectivity index (χ3n) is 2.46. The molecule has 0 aromatic carbocycles. The van der Waals surface area contributed by atoms with E-state index in [2.05, 4.69) is 11.9 Å². The zero-order chi connectivity index (χ0) is 7.68. The highest BCUT2D eigenvalue weighted by Gasteiger charge is 2.15. The van der Waals surface area contributed by atoms with Crippen molar-refractivity contribution in [2.75, 3.05) is 0 Å². The smallest absolute Gasteiger partial charge is 0.181 e. The molecule has 60 valence electrons. The van der Waals surface area contributed by atoms with Crippen molar-refractivity contribution >= 4 is 0 Å². The number of hydrogen-bond acceptors (Lipinski definition) is 2. The van der Waals surface area contributed by atoms with Gasteiger partial charge in [0.05, 0.1) is 5.69 Å². The first-order valence-corrected chi connectivity index (χ1v) is 4.27. The normalized spacial score (nSPS) is 24.3. The third-order valence-corrected chi connectivity index (χ3v) is 2.46. The Labute approximate surface area is 66.6 Å². The topological polar surface area (TPSA) is 26.0 Å². The molecule has 0 fully saturated rings. The van der Waals surface area contributed by atoms with Crippen LogP contribution in [0.5, 0.6) is 0 Å². The Bertz CT molecular complexity index is 219. The minimum absolute atomic E-state index is 0.833. The summed E-state index contributed by atoms with van der Waals surface area (Å²) >= 11 is 0. The SMILES string of the molecule is CC1CCc2ncoc2CC1. The van der Waals surface area contributed by atoms with Gasteiger partial charge in [0, 0.05) is 6.42 Å². The maximum Gasteiger partial charge on any atom is 0.181 e. The van der Waals surface area contributed by atoms with Gasteiger partial charge in [0.15, 0.2) is 6.39 Å². The van der Waals surface area contributed by atoms with Crippen LogP contribution in [0.4, 0.5) is 0 Å². The van der Waals surface area contributed by atoms with Gasteiger partial charge in [-0.15, -0.1) is 0 Å². The molecule has 1 unspecified atom stereocenters. The van der Waals surface area contributed by atoms with Gasteiger partial charge in [0.2, 0.25) is 0 Å². The molecule has 0 aliphatic heterocycles. The number of oxazole rings is 1. The summed E-state index contributed by atoms with van der Waals surface area (Å²) in [5.74, 6) is 1.95. The number of nitrogens with zero attached hydrogens (tertiary/aromatic N) is 1. The fourth-order valence-electron chi connectivity index (χ4n) is 1.61. The maximum atomic E-state index is 5.27. The molecule has 0 saturated carbocycles. The van der Waals surface area contributed by atoms with Gasteiger partial charge >= 0.3 is 0 Å². The highest BCUT2D eigenvalue weighted by atomic mass is 16.3. The van der Waals surface area contributed by atoms with E-state index in [9.17, 15) is 0 Å². The van der Waals surface area contributed by atoms with Crippen molar-refractivity contribution in [3.05, 3.63) is 17.8 Å². The average Bonchev–Trinajstić information content (AvgIpc) is 2.38. The molecule has 0 saturated heterocycles. The van der Waals surface area contributed by atoms with E-state index in [0.29, 0.717) is 0 Å². The van der Waals surface area contributed by atoms with Crippen molar-refractivity contribution in [1.82, 2.24) is 4.98 Å². The Morgan fingerprint density at radius 2 is 2.27 bits per heavy atom. The summed E-state index contributed by atoms with van der Waals surface area (Å²) in [5.41, 5.74) is 1.19. The second kappa shape index (κ2) is 2.68. The molecule has 1 atom stereocenters. The minimum Gasteiger partial charge on any atom is -0.448 e. The first kappa shape index (κ1) is 6.89. The molecular weight excluding hydrogens is 138 g/mol.